The zero-order valence-electron chi connectivity index (χ0n) is 20.7. The van der Waals surface area contributed by atoms with Crippen molar-refractivity contribution in [2.75, 3.05) is 7.11 Å². The minimum absolute atomic E-state index is 0.0696. The van der Waals surface area contributed by atoms with Crippen molar-refractivity contribution < 1.29 is 23.5 Å². The van der Waals surface area contributed by atoms with Crippen molar-refractivity contribution in [2.24, 2.45) is 0 Å². The lowest BCUT2D eigenvalue weighted by Crippen LogP contribution is -2.44. The zero-order chi connectivity index (χ0) is 26.5. The molecule has 2 amide bonds. The van der Waals surface area contributed by atoms with Gasteiger partial charge >= 0.3 is 0 Å². The number of amides is 2. The summed E-state index contributed by atoms with van der Waals surface area (Å²) in [5, 5.41) is 9.71. The molecule has 0 aliphatic carbocycles. The van der Waals surface area contributed by atoms with E-state index in [0.717, 1.165) is 16.0 Å². The first-order valence-electron chi connectivity index (χ1n) is 11.6. The Kier molecular flexibility index (Phi) is 7.49. The van der Waals surface area contributed by atoms with Crippen LogP contribution in [0.2, 0.25) is 0 Å². The van der Waals surface area contributed by atoms with Crippen LogP contribution in [-0.4, -0.2) is 23.8 Å². The number of hydrogen-bond acceptors (Lipinski definition) is 5. The molecule has 1 unspecified atom stereocenters. The van der Waals surface area contributed by atoms with Gasteiger partial charge in [-0.05, 0) is 66.5 Å². The number of methoxy groups -OCH3 is 1. The number of benzene rings is 3. The van der Waals surface area contributed by atoms with Gasteiger partial charge in [-0.3, -0.25) is 14.5 Å². The van der Waals surface area contributed by atoms with Crippen molar-refractivity contribution in [3.63, 3.8) is 0 Å². The molecule has 3 aromatic rings. The van der Waals surface area contributed by atoms with Crippen molar-refractivity contribution in [3.05, 3.63) is 112 Å². The number of rotatable bonds is 7. The van der Waals surface area contributed by atoms with Crippen molar-refractivity contribution >= 4 is 17.9 Å². The Morgan fingerprint density at radius 2 is 1.70 bits per heavy atom. The SMILES string of the molecule is COc1cc(/C=C2/C(=O)N(C(C)c3ccccc3)C(=O)C(C#N)=C2C)ccc1OCc1ccc(F)cc1. The van der Waals surface area contributed by atoms with Crippen LogP contribution in [0.25, 0.3) is 6.08 Å². The smallest absolute Gasteiger partial charge is 0.272 e. The standard InChI is InChI=1S/C30H25FN2O4/c1-19-25(29(34)33(30(35)26(19)17-32)20(2)23-7-5-4-6-8-23)15-22-11-14-27(28(16-22)36-3)37-18-21-9-12-24(31)13-10-21/h4-16,20H,18H2,1-3H3/b25-15+. The number of imide groups is 1. The van der Waals surface area contributed by atoms with E-state index in [2.05, 4.69) is 0 Å². The second kappa shape index (κ2) is 10.9. The van der Waals surface area contributed by atoms with E-state index in [1.54, 1.807) is 50.3 Å². The van der Waals surface area contributed by atoms with E-state index in [-0.39, 0.29) is 23.6 Å². The number of halogens is 1. The minimum Gasteiger partial charge on any atom is -0.493 e. The molecule has 7 heteroatoms. The average molecular weight is 497 g/mol. The zero-order valence-corrected chi connectivity index (χ0v) is 20.7. The summed E-state index contributed by atoms with van der Waals surface area (Å²) in [6.07, 6.45) is 1.64. The van der Waals surface area contributed by atoms with Gasteiger partial charge in [-0.15, -0.1) is 0 Å². The summed E-state index contributed by atoms with van der Waals surface area (Å²) in [5.41, 5.74) is 2.72. The third-order valence-corrected chi connectivity index (χ3v) is 6.25. The molecule has 4 rings (SSSR count). The molecule has 6 nitrogen and oxygen atoms in total. The monoisotopic (exact) mass is 496 g/mol. The Hall–Kier alpha value is -4.70. The van der Waals surface area contributed by atoms with E-state index in [1.165, 1.54) is 19.2 Å². The largest absolute Gasteiger partial charge is 0.493 e. The van der Waals surface area contributed by atoms with E-state index in [4.69, 9.17) is 9.47 Å². The van der Waals surface area contributed by atoms with E-state index in [1.807, 2.05) is 36.4 Å². The van der Waals surface area contributed by atoms with Crippen LogP contribution in [0.3, 0.4) is 0 Å². The lowest BCUT2D eigenvalue weighted by molar-refractivity contribution is -0.143. The molecule has 0 bridgehead atoms. The molecule has 0 fully saturated rings. The quantitative estimate of drug-likeness (QED) is 0.307. The summed E-state index contributed by atoms with van der Waals surface area (Å²) in [6, 6.07) is 21.8. The Balaban J connectivity index is 1.66. The molecule has 0 radical (unpaired) electrons. The van der Waals surface area contributed by atoms with Gasteiger partial charge in [-0.1, -0.05) is 48.5 Å². The first-order valence-corrected chi connectivity index (χ1v) is 11.6. The molecule has 0 saturated carbocycles. The molecule has 0 saturated heterocycles. The van der Waals surface area contributed by atoms with E-state index < -0.39 is 17.9 Å². The molecule has 186 valence electrons. The van der Waals surface area contributed by atoms with Gasteiger partial charge in [0.1, 0.15) is 24.1 Å². The minimum atomic E-state index is -0.611. The topological polar surface area (TPSA) is 79.6 Å². The second-order valence-corrected chi connectivity index (χ2v) is 8.56. The van der Waals surface area contributed by atoms with Gasteiger partial charge in [0.2, 0.25) is 0 Å². The molecule has 1 atom stereocenters. The molecule has 0 aromatic heterocycles. The fourth-order valence-corrected chi connectivity index (χ4v) is 4.13. The number of nitrogens with zero attached hydrogens (tertiary/aromatic N) is 2. The van der Waals surface area contributed by atoms with Crippen molar-refractivity contribution in [1.82, 2.24) is 4.90 Å². The van der Waals surface area contributed by atoms with Gasteiger partial charge in [0.05, 0.1) is 13.2 Å². The first kappa shape index (κ1) is 25.4. The van der Waals surface area contributed by atoms with Crippen LogP contribution in [0.4, 0.5) is 4.39 Å². The maximum absolute atomic E-state index is 13.5. The number of carbonyl (C=O) groups excluding carboxylic acids is 2. The fraction of sp³-hybridized carbons (Fsp3) is 0.167. The van der Waals surface area contributed by atoms with E-state index in [9.17, 15) is 19.2 Å². The van der Waals surface area contributed by atoms with Crippen LogP contribution < -0.4 is 9.47 Å². The van der Waals surface area contributed by atoms with Crippen molar-refractivity contribution in [3.8, 4) is 17.6 Å². The fourth-order valence-electron chi connectivity index (χ4n) is 4.13. The van der Waals surface area contributed by atoms with Crippen LogP contribution in [0, 0.1) is 17.1 Å². The summed E-state index contributed by atoms with van der Waals surface area (Å²) < 4.78 is 24.5. The summed E-state index contributed by atoms with van der Waals surface area (Å²) >= 11 is 0. The highest BCUT2D eigenvalue weighted by Crippen LogP contribution is 2.34. The molecule has 1 heterocycles. The lowest BCUT2D eigenvalue weighted by Gasteiger charge is -2.32. The summed E-state index contributed by atoms with van der Waals surface area (Å²) in [4.78, 5) is 27.8. The summed E-state index contributed by atoms with van der Waals surface area (Å²) in [6.45, 7) is 3.58. The highest BCUT2D eigenvalue weighted by atomic mass is 19.1. The van der Waals surface area contributed by atoms with E-state index >= 15 is 0 Å². The Labute approximate surface area is 214 Å². The maximum atomic E-state index is 13.5. The molecule has 1 aliphatic heterocycles. The predicted octanol–water partition coefficient (Wildman–Crippen LogP) is 5.77. The maximum Gasteiger partial charge on any atom is 0.272 e. The van der Waals surface area contributed by atoms with Crippen LogP contribution in [0.1, 0.15) is 36.6 Å². The van der Waals surface area contributed by atoms with Crippen molar-refractivity contribution in [2.45, 2.75) is 26.5 Å². The molecular weight excluding hydrogens is 471 g/mol. The van der Waals surface area contributed by atoms with Gasteiger partial charge in [-0.25, -0.2) is 4.39 Å². The Morgan fingerprint density at radius 3 is 2.35 bits per heavy atom. The van der Waals surface area contributed by atoms with E-state index in [0.29, 0.717) is 22.6 Å². The van der Waals surface area contributed by atoms with Crippen molar-refractivity contribution in [1.29, 1.82) is 5.26 Å². The molecule has 0 N–H and O–H groups in total. The van der Waals surface area contributed by atoms with Crippen LogP contribution >= 0.6 is 0 Å². The van der Waals surface area contributed by atoms with Gasteiger partial charge in [-0.2, -0.15) is 5.26 Å². The number of hydrogen-bond donors (Lipinski definition) is 0. The highest BCUT2D eigenvalue weighted by molar-refractivity contribution is 6.20. The highest BCUT2D eigenvalue weighted by Gasteiger charge is 2.38. The van der Waals surface area contributed by atoms with Gasteiger partial charge in [0.25, 0.3) is 11.8 Å². The summed E-state index contributed by atoms with van der Waals surface area (Å²) in [5.74, 6) is -0.497. The van der Waals surface area contributed by atoms with Crippen LogP contribution in [-0.2, 0) is 16.2 Å². The van der Waals surface area contributed by atoms with Gasteiger partial charge in [0, 0.05) is 5.57 Å². The molecule has 37 heavy (non-hydrogen) atoms. The van der Waals surface area contributed by atoms with Crippen LogP contribution in [0.15, 0.2) is 89.5 Å². The Bertz CT molecular complexity index is 1440. The third-order valence-electron chi connectivity index (χ3n) is 6.25. The molecule has 0 spiro atoms. The molecule has 1 aliphatic rings. The average Bonchev–Trinajstić information content (AvgIpc) is 2.91. The second-order valence-electron chi connectivity index (χ2n) is 8.56. The number of carbonyl (C=O) groups is 2. The molecular formula is C30H25FN2O4. The Morgan fingerprint density at radius 1 is 1.00 bits per heavy atom. The summed E-state index contributed by atoms with van der Waals surface area (Å²) in [7, 11) is 1.50. The third kappa shape index (κ3) is 5.29. The predicted molar refractivity (Wildman–Crippen MR) is 137 cm³/mol. The van der Waals surface area contributed by atoms with Gasteiger partial charge in [0.15, 0.2) is 11.5 Å². The van der Waals surface area contributed by atoms with Crippen LogP contribution in [0.5, 0.6) is 11.5 Å². The molecule has 3 aromatic carbocycles. The number of ether oxygens (including phenoxy) is 2. The first-order chi connectivity index (χ1) is 17.8. The normalized spacial score (nSPS) is 15.5. The van der Waals surface area contributed by atoms with Gasteiger partial charge < -0.3 is 9.47 Å². The lowest BCUT2D eigenvalue weighted by atomic mass is 9.91. The number of nitriles is 1.